The lowest BCUT2D eigenvalue weighted by atomic mass is 10.0. The van der Waals surface area contributed by atoms with Crippen LogP contribution in [0.3, 0.4) is 0 Å². The van der Waals surface area contributed by atoms with Gasteiger partial charge in [0.1, 0.15) is 6.04 Å². The first-order valence-corrected chi connectivity index (χ1v) is 8.08. The van der Waals surface area contributed by atoms with E-state index in [1.165, 1.54) is 0 Å². The van der Waals surface area contributed by atoms with E-state index in [2.05, 4.69) is 27.1 Å². The number of aromatic nitrogens is 1. The molecule has 0 saturated carbocycles. The van der Waals surface area contributed by atoms with E-state index in [9.17, 15) is 4.79 Å². The second kappa shape index (κ2) is 7.17. The number of amides is 1. The monoisotopic (exact) mass is 303 g/mol. The minimum Gasteiger partial charge on any atom is -0.338 e. The molecule has 0 spiro atoms. The second-order valence-corrected chi connectivity index (χ2v) is 6.10. The van der Waals surface area contributed by atoms with Crippen molar-refractivity contribution in [1.82, 2.24) is 25.0 Å². The number of piperazine rings is 2. The zero-order valence-corrected chi connectivity index (χ0v) is 13.2. The van der Waals surface area contributed by atoms with Crippen LogP contribution >= 0.6 is 0 Å². The van der Waals surface area contributed by atoms with Gasteiger partial charge in [0.15, 0.2) is 0 Å². The molecule has 1 unspecified atom stereocenters. The third-order valence-corrected chi connectivity index (χ3v) is 4.57. The van der Waals surface area contributed by atoms with Crippen LogP contribution in [0.5, 0.6) is 0 Å². The molecule has 3 heterocycles. The van der Waals surface area contributed by atoms with Crippen LogP contribution in [-0.2, 0) is 4.79 Å². The van der Waals surface area contributed by atoms with Crippen molar-refractivity contribution in [2.75, 3.05) is 59.4 Å². The lowest BCUT2D eigenvalue weighted by molar-refractivity contribution is -0.138. The first kappa shape index (κ1) is 15.4. The first-order chi connectivity index (χ1) is 10.8. The topological polar surface area (TPSA) is 51.7 Å². The minimum atomic E-state index is -0.194. The van der Waals surface area contributed by atoms with Gasteiger partial charge in [0.2, 0.25) is 5.91 Å². The van der Waals surface area contributed by atoms with Crippen molar-refractivity contribution in [3.05, 3.63) is 30.1 Å². The van der Waals surface area contributed by atoms with Crippen molar-refractivity contribution in [3.8, 4) is 0 Å². The number of likely N-dealkylation sites (N-methyl/N-ethyl adjacent to an activating group) is 1. The van der Waals surface area contributed by atoms with Gasteiger partial charge in [0.05, 0.1) is 0 Å². The van der Waals surface area contributed by atoms with Gasteiger partial charge in [-0.15, -0.1) is 0 Å². The largest absolute Gasteiger partial charge is 0.338 e. The summed E-state index contributed by atoms with van der Waals surface area (Å²) in [6, 6.07) is 3.75. The standard InChI is InChI=1S/C16H25N5O/c1-19-9-11-20(12-10-19)15(14-3-2-4-18-13-14)16(22)21-7-5-17-6-8-21/h2-4,13,15,17H,5-12H2,1H3. The Kier molecular flexibility index (Phi) is 5.02. The van der Waals surface area contributed by atoms with E-state index in [-0.39, 0.29) is 11.9 Å². The molecule has 0 aromatic carbocycles. The molecule has 2 saturated heterocycles. The Bertz CT molecular complexity index is 481. The van der Waals surface area contributed by atoms with Crippen molar-refractivity contribution < 1.29 is 4.79 Å². The van der Waals surface area contributed by atoms with Crippen LogP contribution in [0.1, 0.15) is 11.6 Å². The van der Waals surface area contributed by atoms with Gasteiger partial charge in [-0.1, -0.05) is 6.07 Å². The summed E-state index contributed by atoms with van der Waals surface area (Å²) in [5.74, 6) is 0.221. The molecule has 3 rings (SSSR count). The number of hydrogen-bond donors (Lipinski definition) is 1. The van der Waals surface area contributed by atoms with E-state index in [0.717, 1.165) is 57.9 Å². The average Bonchev–Trinajstić information content (AvgIpc) is 2.58. The average molecular weight is 303 g/mol. The molecular weight excluding hydrogens is 278 g/mol. The summed E-state index contributed by atoms with van der Waals surface area (Å²) in [5, 5.41) is 3.31. The van der Waals surface area contributed by atoms with Crippen molar-refractivity contribution in [2.24, 2.45) is 0 Å². The molecule has 1 atom stereocenters. The van der Waals surface area contributed by atoms with Gasteiger partial charge in [0.25, 0.3) is 0 Å². The summed E-state index contributed by atoms with van der Waals surface area (Å²) < 4.78 is 0. The van der Waals surface area contributed by atoms with Crippen LogP contribution in [0, 0.1) is 0 Å². The van der Waals surface area contributed by atoms with Crippen LogP contribution in [0.4, 0.5) is 0 Å². The Hall–Kier alpha value is -1.50. The molecule has 22 heavy (non-hydrogen) atoms. The SMILES string of the molecule is CN1CCN(C(C(=O)N2CCNCC2)c2cccnc2)CC1. The molecule has 1 N–H and O–H groups in total. The number of hydrogen-bond acceptors (Lipinski definition) is 5. The third-order valence-electron chi connectivity index (χ3n) is 4.57. The Morgan fingerprint density at radius 1 is 1.18 bits per heavy atom. The number of nitrogens with one attached hydrogen (secondary N) is 1. The Balaban J connectivity index is 1.81. The molecule has 6 nitrogen and oxygen atoms in total. The number of nitrogens with zero attached hydrogens (tertiary/aromatic N) is 4. The lowest BCUT2D eigenvalue weighted by Gasteiger charge is -2.40. The molecule has 6 heteroatoms. The number of rotatable bonds is 3. The maximum atomic E-state index is 13.1. The molecule has 0 radical (unpaired) electrons. The normalized spacial score (nSPS) is 22.5. The number of carbonyl (C=O) groups excluding carboxylic acids is 1. The van der Waals surface area contributed by atoms with E-state index in [1.807, 2.05) is 23.2 Å². The van der Waals surface area contributed by atoms with Crippen LogP contribution < -0.4 is 5.32 Å². The fourth-order valence-corrected chi connectivity index (χ4v) is 3.19. The predicted molar refractivity (Wildman–Crippen MR) is 85.5 cm³/mol. The Labute approximate surface area is 132 Å². The molecular formula is C16H25N5O. The van der Waals surface area contributed by atoms with Gasteiger partial charge >= 0.3 is 0 Å². The number of carbonyl (C=O) groups is 1. The van der Waals surface area contributed by atoms with Crippen molar-refractivity contribution in [1.29, 1.82) is 0 Å². The third kappa shape index (κ3) is 3.45. The highest BCUT2D eigenvalue weighted by Gasteiger charge is 2.33. The lowest BCUT2D eigenvalue weighted by Crippen LogP contribution is -2.53. The van der Waals surface area contributed by atoms with E-state index in [4.69, 9.17) is 0 Å². The van der Waals surface area contributed by atoms with E-state index < -0.39 is 0 Å². The summed E-state index contributed by atoms with van der Waals surface area (Å²) in [6.45, 7) is 7.22. The van der Waals surface area contributed by atoms with Gasteiger partial charge in [-0.2, -0.15) is 0 Å². The quantitative estimate of drug-likeness (QED) is 0.838. The smallest absolute Gasteiger partial charge is 0.244 e. The van der Waals surface area contributed by atoms with Crippen LogP contribution in [0.15, 0.2) is 24.5 Å². The van der Waals surface area contributed by atoms with Crippen LogP contribution in [-0.4, -0.2) is 85.0 Å². The molecule has 1 amide bonds. The van der Waals surface area contributed by atoms with Gasteiger partial charge in [0, 0.05) is 64.8 Å². The summed E-state index contributed by atoms with van der Waals surface area (Å²) >= 11 is 0. The van der Waals surface area contributed by atoms with E-state index in [0.29, 0.717) is 0 Å². The van der Waals surface area contributed by atoms with Gasteiger partial charge in [-0.3, -0.25) is 14.7 Å². The molecule has 1 aromatic rings. The van der Waals surface area contributed by atoms with Gasteiger partial charge < -0.3 is 15.1 Å². The molecule has 2 aliphatic rings. The van der Waals surface area contributed by atoms with E-state index >= 15 is 0 Å². The molecule has 0 bridgehead atoms. The molecule has 2 fully saturated rings. The molecule has 1 aromatic heterocycles. The van der Waals surface area contributed by atoms with Crippen molar-refractivity contribution >= 4 is 5.91 Å². The zero-order valence-electron chi connectivity index (χ0n) is 13.2. The van der Waals surface area contributed by atoms with E-state index in [1.54, 1.807) is 6.20 Å². The highest BCUT2D eigenvalue weighted by Crippen LogP contribution is 2.24. The van der Waals surface area contributed by atoms with Crippen LogP contribution in [0.2, 0.25) is 0 Å². The molecule has 0 aliphatic carbocycles. The predicted octanol–water partition coefficient (Wildman–Crippen LogP) is -0.198. The second-order valence-electron chi connectivity index (χ2n) is 6.10. The Morgan fingerprint density at radius 2 is 1.91 bits per heavy atom. The first-order valence-electron chi connectivity index (χ1n) is 8.08. The highest BCUT2D eigenvalue weighted by molar-refractivity contribution is 5.83. The molecule has 120 valence electrons. The summed E-state index contributed by atoms with van der Waals surface area (Å²) in [4.78, 5) is 23.9. The minimum absolute atomic E-state index is 0.194. The maximum absolute atomic E-state index is 13.1. The fourth-order valence-electron chi connectivity index (χ4n) is 3.19. The van der Waals surface area contributed by atoms with Crippen molar-refractivity contribution in [3.63, 3.8) is 0 Å². The van der Waals surface area contributed by atoms with Gasteiger partial charge in [-0.25, -0.2) is 0 Å². The summed E-state index contributed by atoms with van der Waals surface area (Å²) in [6.07, 6.45) is 3.60. The molecule has 2 aliphatic heterocycles. The highest BCUT2D eigenvalue weighted by atomic mass is 16.2. The van der Waals surface area contributed by atoms with Crippen LogP contribution in [0.25, 0.3) is 0 Å². The van der Waals surface area contributed by atoms with Gasteiger partial charge in [-0.05, 0) is 18.7 Å². The summed E-state index contributed by atoms with van der Waals surface area (Å²) in [7, 11) is 2.13. The Morgan fingerprint density at radius 3 is 2.55 bits per heavy atom. The number of pyridine rings is 1. The van der Waals surface area contributed by atoms with Crippen molar-refractivity contribution in [2.45, 2.75) is 6.04 Å². The maximum Gasteiger partial charge on any atom is 0.244 e. The fraction of sp³-hybridized carbons (Fsp3) is 0.625. The summed E-state index contributed by atoms with van der Waals surface area (Å²) in [5.41, 5.74) is 1.01. The zero-order chi connectivity index (χ0) is 15.4.